The first-order chi connectivity index (χ1) is 9.24. The van der Waals surface area contributed by atoms with E-state index in [0.717, 1.165) is 18.2 Å². The lowest BCUT2D eigenvalue weighted by Crippen LogP contribution is -2.00. The quantitative estimate of drug-likeness (QED) is 0.786. The highest BCUT2D eigenvalue weighted by Gasteiger charge is 2.23. The number of hydrogen-bond donors (Lipinski definition) is 1. The summed E-state index contributed by atoms with van der Waals surface area (Å²) >= 11 is 12.2. The van der Waals surface area contributed by atoms with Gasteiger partial charge < -0.3 is 5.32 Å². The maximum absolute atomic E-state index is 6.16. The minimum absolute atomic E-state index is 0.582. The molecule has 1 fully saturated rings. The van der Waals surface area contributed by atoms with Crippen LogP contribution in [0.25, 0.3) is 0 Å². The van der Waals surface area contributed by atoms with Gasteiger partial charge in [0, 0.05) is 6.54 Å². The third-order valence-corrected chi connectivity index (χ3v) is 4.25. The smallest absolute Gasteiger partial charge is 0.0823 e. The molecule has 2 aromatic rings. The molecule has 0 radical (unpaired) electrons. The van der Waals surface area contributed by atoms with E-state index in [9.17, 15) is 0 Å². The average Bonchev–Trinajstić information content (AvgIpc) is 3.25. The zero-order valence-corrected chi connectivity index (χ0v) is 12.0. The molecule has 0 aliphatic heterocycles. The molecular formula is C16H15Cl2N. The van der Waals surface area contributed by atoms with E-state index in [4.69, 9.17) is 23.2 Å². The van der Waals surface area contributed by atoms with E-state index in [1.54, 1.807) is 6.07 Å². The van der Waals surface area contributed by atoms with Crippen LogP contribution in [-0.2, 0) is 6.54 Å². The first-order valence-corrected chi connectivity index (χ1v) is 7.26. The molecule has 0 saturated heterocycles. The van der Waals surface area contributed by atoms with Crippen LogP contribution in [-0.4, -0.2) is 0 Å². The molecule has 0 aromatic heterocycles. The van der Waals surface area contributed by atoms with Crippen molar-refractivity contribution in [3.8, 4) is 0 Å². The largest absolute Gasteiger partial charge is 0.380 e. The lowest BCUT2D eigenvalue weighted by atomic mass is 10.1. The van der Waals surface area contributed by atoms with Crippen molar-refractivity contribution in [2.24, 2.45) is 0 Å². The zero-order valence-electron chi connectivity index (χ0n) is 10.5. The monoisotopic (exact) mass is 291 g/mol. The second-order valence-corrected chi connectivity index (χ2v) is 5.76. The second kappa shape index (κ2) is 5.44. The standard InChI is InChI=1S/C16H15Cl2N/c17-14-5-2-6-15(16(14)18)19-10-11-3-1-4-13(9-11)12-7-8-12/h1-6,9,12,19H,7-8,10H2. The summed E-state index contributed by atoms with van der Waals surface area (Å²) in [7, 11) is 0. The zero-order chi connectivity index (χ0) is 13.2. The van der Waals surface area contributed by atoms with Gasteiger partial charge >= 0.3 is 0 Å². The highest BCUT2D eigenvalue weighted by atomic mass is 35.5. The van der Waals surface area contributed by atoms with Crippen LogP contribution in [0.2, 0.25) is 10.0 Å². The van der Waals surface area contributed by atoms with Crippen LogP contribution in [0.1, 0.15) is 29.9 Å². The van der Waals surface area contributed by atoms with Crippen LogP contribution >= 0.6 is 23.2 Å². The Hall–Kier alpha value is -1.18. The van der Waals surface area contributed by atoms with Crippen molar-refractivity contribution in [3.63, 3.8) is 0 Å². The summed E-state index contributed by atoms with van der Waals surface area (Å²) in [5.74, 6) is 0.787. The third-order valence-electron chi connectivity index (χ3n) is 3.43. The number of hydrogen-bond acceptors (Lipinski definition) is 1. The molecule has 1 nitrogen and oxygen atoms in total. The van der Waals surface area contributed by atoms with Gasteiger partial charge in [-0.25, -0.2) is 0 Å². The summed E-state index contributed by atoms with van der Waals surface area (Å²) in [6.07, 6.45) is 2.66. The van der Waals surface area contributed by atoms with Crippen molar-refractivity contribution >= 4 is 28.9 Å². The molecule has 19 heavy (non-hydrogen) atoms. The molecule has 2 aromatic carbocycles. The predicted molar refractivity (Wildman–Crippen MR) is 82.2 cm³/mol. The fourth-order valence-electron chi connectivity index (χ4n) is 2.21. The van der Waals surface area contributed by atoms with Crippen molar-refractivity contribution in [2.45, 2.75) is 25.3 Å². The lowest BCUT2D eigenvalue weighted by molar-refractivity contribution is 1.09. The Morgan fingerprint density at radius 2 is 1.84 bits per heavy atom. The van der Waals surface area contributed by atoms with Gasteiger partial charge in [0.15, 0.2) is 0 Å². The first-order valence-electron chi connectivity index (χ1n) is 6.51. The third kappa shape index (κ3) is 3.05. The van der Waals surface area contributed by atoms with E-state index in [0.29, 0.717) is 10.0 Å². The molecule has 3 heteroatoms. The normalized spacial score (nSPS) is 14.4. The fraction of sp³-hybridized carbons (Fsp3) is 0.250. The molecule has 0 amide bonds. The van der Waals surface area contributed by atoms with E-state index in [2.05, 4.69) is 29.6 Å². The Bertz CT molecular complexity index is 591. The number of nitrogens with one attached hydrogen (secondary N) is 1. The Balaban J connectivity index is 1.71. The number of benzene rings is 2. The SMILES string of the molecule is Clc1cccc(NCc2cccc(C3CC3)c2)c1Cl. The number of rotatable bonds is 4. The van der Waals surface area contributed by atoms with E-state index in [1.165, 1.54) is 24.0 Å². The Morgan fingerprint density at radius 3 is 2.63 bits per heavy atom. The molecule has 0 heterocycles. The molecule has 0 bridgehead atoms. The lowest BCUT2D eigenvalue weighted by Gasteiger charge is -2.10. The minimum Gasteiger partial charge on any atom is -0.380 e. The van der Waals surface area contributed by atoms with Crippen molar-refractivity contribution < 1.29 is 0 Å². The molecule has 1 N–H and O–H groups in total. The van der Waals surface area contributed by atoms with Crippen LogP contribution < -0.4 is 5.32 Å². The Labute approximate surface area is 123 Å². The van der Waals surface area contributed by atoms with E-state index >= 15 is 0 Å². The summed E-state index contributed by atoms with van der Waals surface area (Å²) in [5.41, 5.74) is 3.61. The van der Waals surface area contributed by atoms with Crippen molar-refractivity contribution in [2.75, 3.05) is 5.32 Å². The van der Waals surface area contributed by atoms with Crippen LogP contribution in [0.3, 0.4) is 0 Å². The molecule has 98 valence electrons. The van der Waals surface area contributed by atoms with E-state index in [-0.39, 0.29) is 0 Å². The molecule has 0 unspecified atom stereocenters. The molecular weight excluding hydrogens is 277 g/mol. The van der Waals surface area contributed by atoms with Gasteiger partial charge in [-0.2, -0.15) is 0 Å². The van der Waals surface area contributed by atoms with Gasteiger partial charge in [-0.1, -0.05) is 53.5 Å². The summed E-state index contributed by atoms with van der Waals surface area (Å²) in [5, 5.41) is 4.51. The Kier molecular flexibility index (Phi) is 3.67. The van der Waals surface area contributed by atoms with Gasteiger partial charge in [0.05, 0.1) is 15.7 Å². The summed E-state index contributed by atoms with van der Waals surface area (Å²) in [6, 6.07) is 14.4. The molecule has 1 aliphatic carbocycles. The van der Waals surface area contributed by atoms with Crippen LogP contribution in [0.5, 0.6) is 0 Å². The number of anilines is 1. The maximum Gasteiger partial charge on any atom is 0.0823 e. The fourth-order valence-corrected chi connectivity index (χ4v) is 2.58. The van der Waals surface area contributed by atoms with Crippen molar-refractivity contribution in [3.05, 3.63) is 63.6 Å². The van der Waals surface area contributed by atoms with Crippen molar-refractivity contribution in [1.29, 1.82) is 0 Å². The van der Waals surface area contributed by atoms with Gasteiger partial charge in [0.25, 0.3) is 0 Å². The summed E-state index contributed by atoms with van der Waals surface area (Å²) < 4.78 is 0. The second-order valence-electron chi connectivity index (χ2n) is 4.97. The van der Waals surface area contributed by atoms with Gasteiger partial charge in [0.1, 0.15) is 0 Å². The molecule has 0 spiro atoms. The minimum atomic E-state index is 0.582. The van der Waals surface area contributed by atoms with Crippen LogP contribution in [0, 0.1) is 0 Å². The molecule has 1 saturated carbocycles. The maximum atomic E-state index is 6.16. The summed E-state index contributed by atoms with van der Waals surface area (Å²) in [4.78, 5) is 0. The highest BCUT2D eigenvalue weighted by molar-refractivity contribution is 6.43. The Morgan fingerprint density at radius 1 is 1.05 bits per heavy atom. The van der Waals surface area contributed by atoms with Gasteiger partial charge in [0.2, 0.25) is 0 Å². The topological polar surface area (TPSA) is 12.0 Å². The van der Waals surface area contributed by atoms with E-state index < -0.39 is 0 Å². The number of halogens is 2. The van der Waals surface area contributed by atoms with Gasteiger partial charge in [-0.15, -0.1) is 0 Å². The predicted octanol–water partition coefficient (Wildman–Crippen LogP) is 5.48. The average molecular weight is 292 g/mol. The van der Waals surface area contributed by atoms with Crippen LogP contribution in [0.4, 0.5) is 5.69 Å². The van der Waals surface area contributed by atoms with Crippen molar-refractivity contribution in [1.82, 2.24) is 0 Å². The van der Waals surface area contributed by atoms with Crippen LogP contribution in [0.15, 0.2) is 42.5 Å². The van der Waals surface area contributed by atoms with Gasteiger partial charge in [-0.3, -0.25) is 0 Å². The molecule has 3 rings (SSSR count). The molecule has 0 atom stereocenters. The first kappa shape index (κ1) is 12.8. The van der Waals surface area contributed by atoms with E-state index in [1.807, 2.05) is 12.1 Å². The molecule has 1 aliphatic rings. The van der Waals surface area contributed by atoms with Gasteiger partial charge in [-0.05, 0) is 42.0 Å². The highest BCUT2D eigenvalue weighted by Crippen LogP contribution is 2.40. The summed E-state index contributed by atoms with van der Waals surface area (Å²) in [6.45, 7) is 0.765.